The fourth-order valence-electron chi connectivity index (χ4n) is 3.41. The summed E-state index contributed by atoms with van der Waals surface area (Å²) in [5.74, 6) is 0.277. The van der Waals surface area contributed by atoms with Crippen LogP contribution in [0.3, 0.4) is 0 Å². The fraction of sp³-hybridized carbons (Fsp3) is 0.500. The van der Waals surface area contributed by atoms with Crippen molar-refractivity contribution >= 4 is 40.0 Å². The summed E-state index contributed by atoms with van der Waals surface area (Å²) in [7, 11) is 0. The number of hydrogen-bond acceptors (Lipinski definition) is 6. The number of likely N-dealkylation sites (tertiary alicyclic amines) is 1. The zero-order chi connectivity index (χ0) is 21.2. The predicted octanol–water partition coefficient (Wildman–Crippen LogP) is 4.86. The number of para-hydroxylation sites is 1. The molecule has 0 aliphatic carbocycles. The molecule has 3 rings (SSSR count). The molecule has 1 saturated heterocycles. The normalized spacial score (nSPS) is 15.4. The number of benzene rings is 1. The van der Waals surface area contributed by atoms with Crippen molar-refractivity contribution < 1.29 is 14.5 Å². The smallest absolute Gasteiger partial charge is 0.410 e. The van der Waals surface area contributed by atoms with Crippen LogP contribution in [0.5, 0.6) is 0 Å². The lowest BCUT2D eigenvalue weighted by Crippen LogP contribution is -2.42. The lowest BCUT2D eigenvalue weighted by atomic mass is 9.97. The number of carbonyl (C=O) groups is 1. The summed E-state index contributed by atoms with van der Waals surface area (Å²) >= 11 is 6.08. The molecule has 1 aliphatic heterocycles. The van der Waals surface area contributed by atoms with Crippen molar-refractivity contribution in [2.45, 2.75) is 39.2 Å². The van der Waals surface area contributed by atoms with Crippen molar-refractivity contribution in [3.63, 3.8) is 0 Å². The molecule has 2 heterocycles. The van der Waals surface area contributed by atoms with Crippen molar-refractivity contribution in [1.82, 2.24) is 9.88 Å². The number of halogens is 1. The number of ether oxygens (including phenoxy) is 1. The van der Waals surface area contributed by atoms with E-state index in [9.17, 15) is 14.9 Å². The number of carbonyl (C=O) groups excluding carboxylic acids is 1. The molecule has 1 fully saturated rings. The van der Waals surface area contributed by atoms with Gasteiger partial charge in [-0.05, 0) is 45.6 Å². The maximum Gasteiger partial charge on any atom is 0.410 e. The average molecular weight is 421 g/mol. The van der Waals surface area contributed by atoms with Gasteiger partial charge in [0.25, 0.3) is 0 Å². The van der Waals surface area contributed by atoms with E-state index in [1.54, 1.807) is 17.0 Å². The maximum atomic E-state index is 12.2. The fourth-order valence-corrected chi connectivity index (χ4v) is 3.66. The van der Waals surface area contributed by atoms with Crippen LogP contribution in [0.2, 0.25) is 5.15 Å². The third-order valence-corrected chi connectivity index (χ3v) is 5.10. The van der Waals surface area contributed by atoms with Crippen LogP contribution in [-0.2, 0) is 4.74 Å². The minimum absolute atomic E-state index is 0.129. The minimum Gasteiger partial charge on any atom is -0.444 e. The molecule has 1 aliphatic rings. The maximum absolute atomic E-state index is 12.2. The Morgan fingerprint density at radius 2 is 2.00 bits per heavy atom. The second-order valence-electron chi connectivity index (χ2n) is 8.19. The minimum atomic E-state index is -0.518. The number of aromatic nitrogens is 1. The second-order valence-corrected chi connectivity index (χ2v) is 8.55. The standard InChI is InChI=1S/C20H25ClN4O4/c1-20(2,3)29-19(26)24-10-8-13(9-11-24)12-22-16-14-6-4-5-7-15(14)23-18(21)17(16)25(27)28/h4-7,13H,8-12H2,1-3H3,(H,22,23). The van der Waals surface area contributed by atoms with E-state index in [2.05, 4.69) is 10.3 Å². The van der Waals surface area contributed by atoms with E-state index in [0.717, 1.165) is 12.8 Å². The molecule has 0 spiro atoms. The number of anilines is 1. The van der Waals surface area contributed by atoms with E-state index in [4.69, 9.17) is 16.3 Å². The van der Waals surface area contributed by atoms with Gasteiger partial charge in [-0.3, -0.25) is 10.1 Å². The molecule has 0 atom stereocenters. The monoisotopic (exact) mass is 420 g/mol. The summed E-state index contributed by atoms with van der Waals surface area (Å²) in [4.78, 5) is 29.1. The Morgan fingerprint density at radius 3 is 2.62 bits per heavy atom. The number of pyridine rings is 1. The first-order chi connectivity index (χ1) is 13.7. The zero-order valence-corrected chi connectivity index (χ0v) is 17.5. The van der Waals surface area contributed by atoms with E-state index >= 15 is 0 Å². The number of hydrogen-bond donors (Lipinski definition) is 1. The number of piperidine rings is 1. The van der Waals surface area contributed by atoms with Gasteiger partial charge in [-0.2, -0.15) is 0 Å². The molecule has 156 valence electrons. The number of rotatable bonds is 4. The Morgan fingerprint density at radius 1 is 1.34 bits per heavy atom. The van der Waals surface area contributed by atoms with Gasteiger partial charge < -0.3 is 15.0 Å². The van der Waals surface area contributed by atoms with E-state index < -0.39 is 10.5 Å². The number of amides is 1. The van der Waals surface area contributed by atoms with Gasteiger partial charge in [-0.15, -0.1) is 0 Å². The molecule has 0 radical (unpaired) electrons. The molecule has 1 aromatic heterocycles. The molecule has 2 aromatic rings. The highest BCUT2D eigenvalue weighted by molar-refractivity contribution is 6.33. The van der Waals surface area contributed by atoms with Crippen LogP contribution in [0.15, 0.2) is 24.3 Å². The quantitative estimate of drug-likeness (QED) is 0.431. The third-order valence-electron chi connectivity index (χ3n) is 4.84. The van der Waals surface area contributed by atoms with Gasteiger partial charge >= 0.3 is 11.8 Å². The molecule has 1 aromatic carbocycles. The van der Waals surface area contributed by atoms with Gasteiger partial charge in [-0.25, -0.2) is 9.78 Å². The molecule has 29 heavy (non-hydrogen) atoms. The Bertz CT molecular complexity index is 921. The predicted molar refractivity (Wildman–Crippen MR) is 112 cm³/mol. The van der Waals surface area contributed by atoms with Crippen LogP contribution in [0, 0.1) is 16.0 Å². The number of nitrogens with zero attached hydrogens (tertiary/aromatic N) is 3. The van der Waals surface area contributed by atoms with Crippen LogP contribution in [-0.4, -0.2) is 46.1 Å². The topological polar surface area (TPSA) is 97.6 Å². The molecular weight excluding hydrogens is 396 g/mol. The first kappa shape index (κ1) is 21.1. The SMILES string of the molecule is CC(C)(C)OC(=O)N1CCC(CNc2c([N+](=O)[O-])c(Cl)nc3ccccc23)CC1. The van der Waals surface area contributed by atoms with Crippen molar-refractivity contribution in [2.75, 3.05) is 25.0 Å². The van der Waals surface area contributed by atoms with E-state index in [-0.39, 0.29) is 22.9 Å². The first-order valence-corrected chi connectivity index (χ1v) is 9.98. The lowest BCUT2D eigenvalue weighted by molar-refractivity contribution is -0.384. The van der Waals surface area contributed by atoms with E-state index in [1.807, 2.05) is 32.9 Å². The van der Waals surface area contributed by atoms with Crippen LogP contribution >= 0.6 is 11.6 Å². The highest BCUT2D eigenvalue weighted by atomic mass is 35.5. The highest BCUT2D eigenvalue weighted by Crippen LogP contribution is 2.37. The molecule has 0 bridgehead atoms. The van der Waals surface area contributed by atoms with Gasteiger partial charge in [0.05, 0.1) is 10.4 Å². The Labute approximate surface area is 174 Å². The zero-order valence-electron chi connectivity index (χ0n) is 16.8. The van der Waals surface area contributed by atoms with Crippen molar-refractivity contribution in [3.05, 3.63) is 39.5 Å². The summed E-state index contributed by atoms with van der Waals surface area (Å²) in [6.07, 6.45) is 1.28. The Kier molecular flexibility index (Phi) is 6.12. The molecule has 0 unspecified atom stereocenters. The molecular formula is C20H25ClN4O4. The van der Waals surface area contributed by atoms with E-state index in [1.165, 1.54) is 0 Å². The molecule has 1 amide bonds. The van der Waals surface area contributed by atoms with Crippen molar-refractivity contribution in [2.24, 2.45) is 5.92 Å². The largest absolute Gasteiger partial charge is 0.444 e. The molecule has 1 N–H and O–H groups in total. The summed E-state index contributed by atoms with van der Waals surface area (Å²) in [5.41, 5.74) is 0.262. The van der Waals surface area contributed by atoms with Gasteiger partial charge in [0.1, 0.15) is 11.3 Å². The van der Waals surface area contributed by atoms with Crippen LogP contribution in [0.4, 0.5) is 16.2 Å². The summed E-state index contributed by atoms with van der Waals surface area (Å²) < 4.78 is 5.42. The van der Waals surface area contributed by atoms with Crippen molar-refractivity contribution in [3.8, 4) is 0 Å². The summed E-state index contributed by atoms with van der Waals surface area (Å²) in [6, 6.07) is 7.19. The Balaban J connectivity index is 1.68. The van der Waals surface area contributed by atoms with Crippen LogP contribution in [0.1, 0.15) is 33.6 Å². The van der Waals surface area contributed by atoms with Gasteiger partial charge in [0.2, 0.25) is 5.15 Å². The van der Waals surface area contributed by atoms with Crippen LogP contribution in [0.25, 0.3) is 10.9 Å². The molecule has 9 heteroatoms. The van der Waals surface area contributed by atoms with Crippen molar-refractivity contribution in [1.29, 1.82) is 0 Å². The molecule has 0 saturated carbocycles. The lowest BCUT2D eigenvalue weighted by Gasteiger charge is -2.33. The second kappa shape index (κ2) is 8.41. The van der Waals surface area contributed by atoms with Gasteiger partial charge in [-0.1, -0.05) is 29.8 Å². The average Bonchev–Trinajstić information content (AvgIpc) is 2.64. The number of nitrogens with one attached hydrogen (secondary N) is 1. The Hall–Kier alpha value is -2.61. The van der Waals surface area contributed by atoms with Crippen LogP contribution < -0.4 is 5.32 Å². The first-order valence-electron chi connectivity index (χ1n) is 9.60. The summed E-state index contributed by atoms with van der Waals surface area (Å²) in [5, 5.41) is 15.3. The third kappa shape index (κ3) is 5.06. The number of nitro groups is 1. The summed E-state index contributed by atoms with van der Waals surface area (Å²) in [6.45, 7) is 7.28. The van der Waals surface area contributed by atoms with Gasteiger partial charge in [0.15, 0.2) is 0 Å². The number of fused-ring (bicyclic) bond motifs is 1. The highest BCUT2D eigenvalue weighted by Gasteiger charge is 2.28. The van der Waals surface area contributed by atoms with Gasteiger partial charge in [0, 0.05) is 25.0 Å². The van der Waals surface area contributed by atoms with E-state index in [0.29, 0.717) is 36.2 Å². The molecule has 8 nitrogen and oxygen atoms in total.